The fraction of sp³-hybridized carbons (Fsp3) is 0.429. The van der Waals surface area contributed by atoms with Crippen LogP contribution in [0.15, 0.2) is 18.2 Å². The third-order valence-electron chi connectivity index (χ3n) is 3.46. The summed E-state index contributed by atoms with van der Waals surface area (Å²) in [5.41, 5.74) is 6.45. The van der Waals surface area contributed by atoms with Gasteiger partial charge in [0, 0.05) is 38.3 Å². The van der Waals surface area contributed by atoms with Crippen LogP contribution in [0.1, 0.15) is 15.9 Å². The van der Waals surface area contributed by atoms with E-state index in [1.165, 1.54) is 6.07 Å². The van der Waals surface area contributed by atoms with Gasteiger partial charge in [0.2, 0.25) is 0 Å². The molecule has 0 saturated carbocycles. The summed E-state index contributed by atoms with van der Waals surface area (Å²) in [4.78, 5) is 16.6. The van der Waals surface area contributed by atoms with E-state index in [0.29, 0.717) is 35.7 Å². The number of aryl methyl sites for hydroxylation is 1. The fourth-order valence-corrected chi connectivity index (χ4v) is 2.42. The first kappa shape index (κ1) is 14.9. The second kappa shape index (κ2) is 6.28. The highest BCUT2D eigenvalue weighted by Crippen LogP contribution is 2.13. The lowest BCUT2D eigenvalue weighted by atomic mass is 10.1. The molecule has 0 spiro atoms. The van der Waals surface area contributed by atoms with Gasteiger partial charge in [-0.05, 0) is 24.6 Å². The first-order chi connectivity index (χ1) is 9.47. The fourth-order valence-electron chi connectivity index (χ4n) is 2.24. The van der Waals surface area contributed by atoms with Crippen LogP contribution in [-0.2, 0) is 0 Å². The molecule has 0 bridgehead atoms. The van der Waals surface area contributed by atoms with Crippen LogP contribution in [0.2, 0.25) is 0 Å². The molecule has 108 valence electrons. The number of benzene rings is 1. The molecule has 0 aromatic heterocycles. The predicted octanol–water partition coefficient (Wildman–Crippen LogP) is 1.18. The van der Waals surface area contributed by atoms with Crippen molar-refractivity contribution in [3.63, 3.8) is 0 Å². The number of thiocarbonyl (C=S) groups is 1. The van der Waals surface area contributed by atoms with Gasteiger partial charge in [-0.2, -0.15) is 0 Å². The number of carbonyl (C=O) groups is 1. The molecular formula is C14H18FN3OS. The summed E-state index contributed by atoms with van der Waals surface area (Å²) in [6.07, 6.45) is 0. The van der Waals surface area contributed by atoms with Crippen molar-refractivity contribution in [2.75, 3.05) is 32.7 Å². The molecule has 2 N–H and O–H groups in total. The van der Waals surface area contributed by atoms with Crippen LogP contribution in [0.3, 0.4) is 0 Å². The van der Waals surface area contributed by atoms with Crippen molar-refractivity contribution in [1.29, 1.82) is 0 Å². The Morgan fingerprint density at radius 1 is 1.35 bits per heavy atom. The SMILES string of the molecule is Cc1ccc(C(=O)N2CCN(CC(N)=S)CC2)cc1F. The number of hydrogen-bond acceptors (Lipinski definition) is 3. The molecule has 1 aromatic rings. The molecule has 1 aromatic carbocycles. The van der Waals surface area contributed by atoms with E-state index >= 15 is 0 Å². The maximum absolute atomic E-state index is 13.5. The monoisotopic (exact) mass is 295 g/mol. The van der Waals surface area contributed by atoms with Crippen LogP contribution < -0.4 is 5.73 Å². The molecular weight excluding hydrogens is 277 g/mol. The van der Waals surface area contributed by atoms with Gasteiger partial charge in [0.25, 0.3) is 5.91 Å². The van der Waals surface area contributed by atoms with Gasteiger partial charge in [-0.15, -0.1) is 0 Å². The molecule has 1 fully saturated rings. The second-order valence-corrected chi connectivity index (χ2v) is 5.52. The van der Waals surface area contributed by atoms with Gasteiger partial charge >= 0.3 is 0 Å². The van der Waals surface area contributed by atoms with Gasteiger partial charge < -0.3 is 10.6 Å². The van der Waals surface area contributed by atoms with Crippen LogP contribution in [0.25, 0.3) is 0 Å². The second-order valence-electron chi connectivity index (χ2n) is 5.00. The van der Waals surface area contributed by atoms with Gasteiger partial charge in [-0.3, -0.25) is 9.69 Å². The van der Waals surface area contributed by atoms with Crippen molar-refractivity contribution in [3.8, 4) is 0 Å². The first-order valence-electron chi connectivity index (χ1n) is 6.53. The minimum Gasteiger partial charge on any atom is -0.392 e. The van der Waals surface area contributed by atoms with Crippen LogP contribution in [0, 0.1) is 12.7 Å². The molecule has 1 heterocycles. The van der Waals surface area contributed by atoms with Crippen molar-refractivity contribution in [2.24, 2.45) is 5.73 Å². The Morgan fingerprint density at radius 3 is 2.55 bits per heavy atom. The zero-order chi connectivity index (χ0) is 14.7. The van der Waals surface area contributed by atoms with Crippen molar-refractivity contribution < 1.29 is 9.18 Å². The zero-order valence-electron chi connectivity index (χ0n) is 11.4. The number of hydrogen-bond donors (Lipinski definition) is 1. The number of piperazine rings is 1. The average molecular weight is 295 g/mol. The molecule has 20 heavy (non-hydrogen) atoms. The Morgan fingerprint density at radius 2 is 2.00 bits per heavy atom. The highest BCUT2D eigenvalue weighted by Gasteiger charge is 2.22. The van der Waals surface area contributed by atoms with Gasteiger partial charge in [-0.25, -0.2) is 4.39 Å². The topological polar surface area (TPSA) is 49.6 Å². The van der Waals surface area contributed by atoms with E-state index in [2.05, 4.69) is 4.90 Å². The molecule has 4 nitrogen and oxygen atoms in total. The minimum absolute atomic E-state index is 0.126. The molecule has 1 saturated heterocycles. The third kappa shape index (κ3) is 3.52. The number of carbonyl (C=O) groups excluding carboxylic acids is 1. The van der Waals surface area contributed by atoms with Gasteiger partial charge in [0.1, 0.15) is 5.82 Å². The Labute approximate surface area is 123 Å². The van der Waals surface area contributed by atoms with Crippen LogP contribution in [-0.4, -0.2) is 53.4 Å². The maximum atomic E-state index is 13.5. The lowest BCUT2D eigenvalue weighted by molar-refractivity contribution is 0.0654. The van der Waals surface area contributed by atoms with E-state index in [4.69, 9.17) is 18.0 Å². The van der Waals surface area contributed by atoms with E-state index in [1.54, 1.807) is 24.0 Å². The van der Waals surface area contributed by atoms with Gasteiger partial charge in [-0.1, -0.05) is 18.3 Å². The summed E-state index contributed by atoms with van der Waals surface area (Å²) in [7, 11) is 0. The number of halogens is 1. The van der Waals surface area contributed by atoms with E-state index < -0.39 is 0 Å². The molecule has 0 unspecified atom stereocenters. The van der Waals surface area contributed by atoms with E-state index in [1.807, 2.05) is 0 Å². The minimum atomic E-state index is -0.344. The molecule has 0 atom stereocenters. The van der Waals surface area contributed by atoms with Gasteiger partial charge in [0.15, 0.2) is 0 Å². The lowest BCUT2D eigenvalue weighted by Crippen LogP contribution is -2.50. The van der Waals surface area contributed by atoms with Crippen molar-refractivity contribution in [2.45, 2.75) is 6.92 Å². The highest BCUT2D eigenvalue weighted by molar-refractivity contribution is 7.80. The van der Waals surface area contributed by atoms with E-state index in [-0.39, 0.29) is 11.7 Å². The number of amides is 1. The van der Waals surface area contributed by atoms with E-state index in [0.717, 1.165) is 13.1 Å². The van der Waals surface area contributed by atoms with Crippen LogP contribution in [0.5, 0.6) is 0 Å². The quantitative estimate of drug-likeness (QED) is 0.851. The molecule has 0 radical (unpaired) electrons. The summed E-state index contributed by atoms with van der Waals surface area (Å²) in [6.45, 7) is 4.94. The largest absolute Gasteiger partial charge is 0.392 e. The third-order valence-corrected chi connectivity index (χ3v) is 3.59. The van der Waals surface area contributed by atoms with Crippen LogP contribution in [0.4, 0.5) is 4.39 Å². The predicted molar refractivity (Wildman–Crippen MR) is 80.3 cm³/mol. The number of nitrogens with zero attached hydrogens (tertiary/aromatic N) is 2. The van der Waals surface area contributed by atoms with Crippen LogP contribution >= 0.6 is 12.2 Å². The highest BCUT2D eigenvalue weighted by atomic mass is 32.1. The maximum Gasteiger partial charge on any atom is 0.254 e. The summed E-state index contributed by atoms with van der Waals surface area (Å²) in [5, 5.41) is 0. The zero-order valence-corrected chi connectivity index (χ0v) is 12.3. The van der Waals surface area contributed by atoms with Crippen molar-refractivity contribution in [1.82, 2.24) is 9.80 Å². The Balaban J connectivity index is 1.97. The molecule has 0 aliphatic carbocycles. The smallest absolute Gasteiger partial charge is 0.254 e. The normalized spacial score (nSPS) is 16.2. The molecule has 6 heteroatoms. The van der Waals surface area contributed by atoms with E-state index in [9.17, 15) is 9.18 Å². The van der Waals surface area contributed by atoms with Crippen molar-refractivity contribution >= 4 is 23.1 Å². The lowest BCUT2D eigenvalue weighted by Gasteiger charge is -2.34. The number of nitrogens with two attached hydrogens (primary N) is 1. The average Bonchev–Trinajstić information content (AvgIpc) is 2.41. The standard InChI is InChI=1S/C14H18FN3OS/c1-10-2-3-11(8-12(10)15)14(19)18-6-4-17(5-7-18)9-13(16)20/h2-3,8H,4-7,9H2,1H3,(H2,16,20). The Hall–Kier alpha value is -1.53. The summed E-state index contributed by atoms with van der Waals surface area (Å²) in [6, 6.07) is 4.60. The summed E-state index contributed by atoms with van der Waals surface area (Å²) < 4.78 is 13.5. The first-order valence-corrected chi connectivity index (χ1v) is 6.94. The Bertz CT molecular complexity index is 527. The molecule has 1 amide bonds. The Kier molecular flexibility index (Phi) is 4.67. The molecule has 1 aliphatic heterocycles. The molecule has 1 aliphatic rings. The van der Waals surface area contributed by atoms with Crippen molar-refractivity contribution in [3.05, 3.63) is 35.1 Å². The van der Waals surface area contributed by atoms with Gasteiger partial charge in [0.05, 0.1) is 4.99 Å². The summed E-state index contributed by atoms with van der Waals surface area (Å²) >= 11 is 4.87. The summed E-state index contributed by atoms with van der Waals surface area (Å²) in [5.74, 6) is -0.471. The number of rotatable bonds is 3. The molecule has 2 rings (SSSR count).